The molecule has 0 amide bonds. The molecule has 0 atom stereocenters. The van der Waals surface area contributed by atoms with Gasteiger partial charge in [-0.1, -0.05) is 164 Å². The van der Waals surface area contributed by atoms with E-state index in [2.05, 4.69) is 181 Å². The van der Waals surface area contributed by atoms with Crippen molar-refractivity contribution in [2.24, 2.45) is 0 Å². The molecule has 9 aromatic carbocycles. The van der Waals surface area contributed by atoms with Crippen LogP contribution in [-0.4, -0.2) is 15.0 Å². The van der Waals surface area contributed by atoms with E-state index in [0.29, 0.717) is 5.82 Å². The van der Waals surface area contributed by atoms with Crippen molar-refractivity contribution in [2.75, 3.05) is 0 Å². The molecule has 2 heterocycles. The normalized spacial score (nSPS) is 11.6. The summed E-state index contributed by atoms with van der Waals surface area (Å²) in [5, 5.41) is 10.1. The van der Waals surface area contributed by atoms with Gasteiger partial charge < -0.3 is 0 Å². The lowest BCUT2D eigenvalue weighted by Gasteiger charge is -2.17. The Morgan fingerprint density at radius 2 is 0.875 bits per heavy atom. The second-order valence-corrected chi connectivity index (χ2v) is 14.4. The minimum atomic E-state index is 0.687. The van der Waals surface area contributed by atoms with Crippen LogP contribution in [0.5, 0.6) is 0 Å². The first-order chi connectivity index (χ1) is 27.7. The molecule has 11 rings (SSSR count). The summed E-state index contributed by atoms with van der Waals surface area (Å²) in [5.41, 5.74) is 11.8. The van der Waals surface area contributed by atoms with E-state index < -0.39 is 0 Å². The largest absolute Gasteiger partial charge is 0.264 e. The Morgan fingerprint density at radius 3 is 1.68 bits per heavy atom. The Balaban J connectivity index is 1.06. The van der Waals surface area contributed by atoms with Crippen molar-refractivity contribution in [1.29, 1.82) is 0 Å². The summed E-state index contributed by atoms with van der Waals surface area (Å²) in [7, 11) is 0. The molecular weight excluding hydrogens is 679 g/mol. The topological polar surface area (TPSA) is 38.7 Å². The van der Waals surface area contributed by atoms with Gasteiger partial charge in [-0.2, -0.15) is 0 Å². The van der Waals surface area contributed by atoms with Crippen LogP contribution in [0.15, 0.2) is 200 Å². The van der Waals surface area contributed by atoms with Crippen LogP contribution in [0.1, 0.15) is 0 Å². The van der Waals surface area contributed by atoms with Crippen LogP contribution in [0.4, 0.5) is 0 Å². The predicted octanol–water partition coefficient (Wildman–Crippen LogP) is 13.9. The van der Waals surface area contributed by atoms with Crippen LogP contribution in [0.3, 0.4) is 0 Å². The third kappa shape index (κ3) is 5.40. The number of hydrogen-bond acceptors (Lipinski definition) is 3. The minimum absolute atomic E-state index is 0.687. The Kier molecular flexibility index (Phi) is 7.49. The van der Waals surface area contributed by atoms with Gasteiger partial charge in [0.2, 0.25) is 0 Å². The van der Waals surface area contributed by atoms with Crippen molar-refractivity contribution >= 4 is 43.1 Å². The van der Waals surface area contributed by atoms with E-state index in [4.69, 9.17) is 9.97 Å². The molecule has 0 bridgehead atoms. The molecule has 0 N–H and O–H groups in total. The average molecular weight is 712 g/mol. The van der Waals surface area contributed by atoms with Crippen molar-refractivity contribution < 1.29 is 0 Å². The molecule has 0 spiro atoms. The fraction of sp³-hybridized carbons (Fsp3) is 0. The molecule has 2 aromatic heterocycles. The average Bonchev–Trinajstić information content (AvgIpc) is 3.28. The van der Waals surface area contributed by atoms with Gasteiger partial charge in [0.1, 0.15) is 0 Å². The van der Waals surface area contributed by atoms with Crippen LogP contribution >= 0.6 is 0 Å². The molecule has 0 aliphatic rings. The van der Waals surface area contributed by atoms with Gasteiger partial charge in [-0.25, -0.2) is 9.97 Å². The van der Waals surface area contributed by atoms with E-state index in [1.165, 1.54) is 59.8 Å². The van der Waals surface area contributed by atoms with Crippen molar-refractivity contribution in [2.45, 2.75) is 0 Å². The van der Waals surface area contributed by atoms with Gasteiger partial charge in [0, 0.05) is 34.6 Å². The third-order valence-corrected chi connectivity index (χ3v) is 11.1. The van der Waals surface area contributed by atoms with E-state index in [1.807, 2.05) is 18.3 Å². The first-order valence-electron chi connectivity index (χ1n) is 19.0. The first-order valence-corrected chi connectivity index (χ1v) is 19.0. The molecule has 3 nitrogen and oxygen atoms in total. The lowest BCUT2D eigenvalue weighted by molar-refractivity contribution is 1.18. The van der Waals surface area contributed by atoms with Gasteiger partial charge in [0.15, 0.2) is 5.82 Å². The molecule has 0 saturated carbocycles. The summed E-state index contributed by atoms with van der Waals surface area (Å²) in [6, 6.07) is 67.3. The van der Waals surface area contributed by atoms with Gasteiger partial charge in [0.25, 0.3) is 0 Å². The Bertz CT molecular complexity index is 3240. The zero-order valence-electron chi connectivity index (χ0n) is 30.4. The number of nitrogens with zero attached hydrogens (tertiary/aromatic N) is 3. The number of rotatable bonds is 6. The summed E-state index contributed by atoms with van der Waals surface area (Å²) in [5.74, 6) is 0.687. The van der Waals surface area contributed by atoms with E-state index >= 15 is 0 Å². The van der Waals surface area contributed by atoms with E-state index in [9.17, 15) is 0 Å². The van der Waals surface area contributed by atoms with E-state index in [0.717, 1.165) is 44.8 Å². The van der Waals surface area contributed by atoms with Crippen LogP contribution in [-0.2, 0) is 0 Å². The lowest BCUT2D eigenvalue weighted by Crippen LogP contribution is -1.96. The maximum Gasteiger partial charge on any atom is 0.160 e. The molecule has 0 unspecified atom stereocenters. The Morgan fingerprint density at radius 1 is 0.304 bits per heavy atom. The zero-order valence-corrected chi connectivity index (χ0v) is 30.4. The van der Waals surface area contributed by atoms with Crippen LogP contribution in [0.2, 0.25) is 0 Å². The van der Waals surface area contributed by atoms with Gasteiger partial charge in [-0.3, -0.25) is 4.98 Å². The second-order valence-electron chi connectivity index (χ2n) is 14.4. The number of aromatic nitrogens is 3. The van der Waals surface area contributed by atoms with Crippen molar-refractivity contribution in [3.63, 3.8) is 0 Å². The smallest absolute Gasteiger partial charge is 0.160 e. The van der Waals surface area contributed by atoms with Gasteiger partial charge in [0.05, 0.1) is 11.4 Å². The SMILES string of the molecule is c1ccc(-c2cc(-c3cccc(-c4cccnc4)c3)nc(-c3cccc(-c4ccc5ccc6c(-c7cccc8ccccc78)ccc7ccc4c5c76)c3)n2)cc1. The van der Waals surface area contributed by atoms with E-state index in [-0.39, 0.29) is 0 Å². The number of pyridine rings is 1. The highest BCUT2D eigenvalue weighted by molar-refractivity contribution is 6.28. The zero-order chi connectivity index (χ0) is 37.0. The number of fused-ring (bicyclic) bond motifs is 1. The van der Waals surface area contributed by atoms with Crippen molar-refractivity contribution in [1.82, 2.24) is 15.0 Å². The first kappa shape index (κ1) is 32.0. The third-order valence-electron chi connectivity index (χ3n) is 11.1. The molecule has 0 aliphatic carbocycles. The van der Waals surface area contributed by atoms with Crippen LogP contribution in [0.25, 0.3) is 110 Å². The Hall–Kier alpha value is -7.49. The predicted molar refractivity (Wildman–Crippen MR) is 234 cm³/mol. The van der Waals surface area contributed by atoms with Crippen molar-refractivity contribution in [3.05, 3.63) is 200 Å². The second kappa shape index (κ2) is 13.1. The molecule has 0 fully saturated rings. The number of benzene rings is 9. The molecule has 260 valence electrons. The summed E-state index contributed by atoms with van der Waals surface area (Å²) in [6.07, 6.45) is 3.70. The van der Waals surface area contributed by atoms with Gasteiger partial charge in [-0.05, 0) is 95.2 Å². The Labute approximate surface area is 324 Å². The van der Waals surface area contributed by atoms with Crippen LogP contribution in [0, 0.1) is 0 Å². The highest BCUT2D eigenvalue weighted by atomic mass is 14.9. The minimum Gasteiger partial charge on any atom is -0.264 e. The monoisotopic (exact) mass is 711 g/mol. The fourth-order valence-electron chi connectivity index (χ4n) is 8.45. The van der Waals surface area contributed by atoms with Crippen molar-refractivity contribution in [3.8, 4) is 67.3 Å². The summed E-state index contributed by atoms with van der Waals surface area (Å²) in [6.45, 7) is 0. The maximum absolute atomic E-state index is 5.23. The molecule has 0 aliphatic heterocycles. The molecule has 56 heavy (non-hydrogen) atoms. The maximum atomic E-state index is 5.23. The summed E-state index contributed by atoms with van der Waals surface area (Å²) >= 11 is 0. The van der Waals surface area contributed by atoms with Gasteiger partial charge in [-0.15, -0.1) is 0 Å². The van der Waals surface area contributed by atoms with Crippen LogP contribution < -0.4 is 0 Å². The van der Waals surface area contributed by atoms with E-state index in [1.54, 1.807) is 6.20 Å². The standard InChI is InChI=1S/C53H33N3/c1-2-11-35(12-3-1)49-32-50(40-16-6-14-38(30-40)42-18-9-29-54-33-42)56-53(55-49)41-17-7-15-39(31-41)44-25-21-36-24-28-48-46(26-22-37-23-27-47(44)51(36)52(37)48)45-20-8-13-34-10-4-5-19-43(34)45/h1-33H. The summed E-state index contributed by atoms with van der Waals surface area (Å²) in [4.78, 5) is 14.8. The number of hydrogen-bond donors (Lipinski definition) is 0. The van der Waals surface area contributed by atoms with Gasteiger partial charge >= 0.3 is 0 Å². The molecule has 3 heteroatoms. The molecular formula is C53H33N3. The molecule has 11 aromatic rings. The quantitative estimate of drug-likeness (QED) is 0.161. The fourth-order valence-corrected chi connectivity index (χ4v) is 8.45. The molecule has 0 radical (unpaired) electrons. The highest BCUT2D eigenvalue weighted by Gasteiger charge is 2.17. The molecule has 0 saturated heterocycles. The highest BCUT2D eigenvalue weighted by Crippen LogP contribution is 2.44. The summed E-state index contributed by atoms with van der Waals surface area (Å²) < 4.78 is 0. The lowest BCUT2D eigenvalue weighted by atomic mass is 9.86.